The summed E-state index contributed by atoms with van der Waals surface area (Å²) in [6, 6.07) is 7.76. The Balaban J connectivity index is 1.51. The lowest BCUT2D eigenvalue weighted by atomic mass is 9.87. The fraction of sp³-hybridized carbons (Fsp3) is 0.542. The van der Waals surface area contributed by atoms with E-state index >= 15 is 0 Å². The van der Waals surface area contributed by atoms with Crippen LogP contribution < -0.4 is 16.0 Å². The molecule has 8 heteroatoms. The lowest BCUT2D eigenvalue weighted by molar-refractivity contribution is 0.0985. The number of nitrogens with zero attached hydrogens (tertiary/aromatic N) is 4. The van der Waals surface area contributed by atoms with Crippen LogP contribution in [0.1, 0.15) is 65.2 Å². The molecule has 2 aliphatic rings. The van der Waals surface area contributed by atoms with Gasteiger partial charge in [-0.25, -0.2) is 0 Å². The summed E-state index contributed by atoms with van der Waals surface area (Å²) < 4.78 is 1.75. The Kier molecular flexibility index (Phi) is 6.50. The molecule has 0 radical (unpaired) electrons. The normalized spacial score (nSPS) is 22.0. The smallest absolute Gasteiger partial charge is 0.269 e. The van der Waals surface area contributed by atoms with Crippen molar-refractivity contribution in [2.75, 3.05) is 43.4 Å². The topological polar surface area (TPSA) is 96.5 Å². The highest BCUT2D eigenvalue weighted by Gasteiger charge is 2.28. The van der Waals surface area contributed by atoms with E-state index in [2.05, 4.69) is 34.2 Å². The standard InChI is InChI=1S/C24H34N6O2/c1-16-4-8-20(9-5-16)30-22(23(25)31)21(17(2)27-30)26-24(32)18-6-10-19(11-7-18)29-14-12-28(3)13-15-29/h6-7,10-11,16,20H,4-5,8-9,12-15H2,1-3H3,(H2,25,31)(H,26,32). The van der Waals surface area contributed by atoms with E-state index in [0.29, 0.717) is 28.6 Å². The minimum absolute atomic E-state index is 0.140. The van der Waals surface area contributed by atoms with E-state index < -0.39 is 5.91 Å². The number of carbonyl (C=O) groups is 2. The van der Waals surface area contributed by atoms with E-state index in [0.717, 1.165) is 57.5 Å². The van der Waals surface area contributed by atoms with Crippen LogP contribution >= 0.6 is 0 Å². The van der Waals surface area contributed by atoms with Crippen molar-refractivity contribution in [3.05, 3.63) is 41.2 Å². The van der Waals surface area contributed by atoms with Crippen LogP contribution in [-0.4, -0.2) is 59.7 Å². The van der Waals surface area contributed by atoms with E-state index in [-0.39, 0.29) is 11.9 Å². The maximum Gasteiger partial charge on any atom is 0.269 e. The monoisotopic (exact) mass is 438 g/mol. The van der Waals surface area contributed by atoms with Crippen LogP contribution in [0.2, 0.25) is 0 Å². The number of aryl methyl sites for hydroxylation is 1. The van der Waals surface area contributed by atoms with Gasteiger partial charge in [-0.05, 0) is 69.8 Å². The molecule has 1 aromatic heterocycles. The average molecular weight is 439 g/mol. The van der Waals surface area contributed by atoms with Gasteiger partial charge in [-0.15, -0.1) is 0 Å². The maximum atomic E-state index is 13.0. The van der Waals surface area contributed by atoms with E-state index in [1.807, 2.05) is 24.3 Å². The third-order valence-corrected chi connectivity index (χ3v) is 6.89. The first-order chi connectivity index (χ1) is 15.3. The average Bonchev–Trinajstić information content (AvgIpc) is 3.11. The summed E-state index contributed by atoms with van der Waals surface area (Å²) in [6.45, 7) is 8.06. The van der Waals surface area contributed by atoms with Gasteiger partial charge in [0.25, 0.3) is 11.8 Å². The van der Waals surface area contributed by atoms with Gasteiger partial charge in [0.05, 0.1) is 17.4 Å². The summed E-state index contributed by atoms with van der Waals surface area (Å²) in [5.41, 5.74) is 8.71. The van der Waals surface area contributed by atoms with Gasteiger partial charge in [-0.3, -0.25) is 14.3 Å². The number of amides is 2. The molecule has 0 atom stereocenters. The number of rotatable bonds is 5. The van der Waals surface area contributed by atoms with Gasteiger partial charge in [0.15, 0.2) is 0 Å². The molecule has 1 aromatic carbocycles. The second-order valence-corrected chi connectivity index (χ2v) is 9.32. The van der Waals surface area contributed by atoms with Crippen LogP contribution in [0.5, 0.6) is 0 Å². The zero-order valence-electron chi connectivity index (χ0n) is 19.3. The number of anilines is 2. The summed E-state index contributed by atoms with van der Waals surface area (Å²) >= 11 is 0. The Morgan fingerprint density at radius 2 is 1.66 bits per heavy atom. The summed E-state index contributed by atoms with van der Waals surface area (Å²) in [5.74, 6) is -0.143. The van der Waals surface area contributed by atoms with Gasteiger partial charge >= 0.3 is 0 Å². The first-order valence-corrected chi connectivity index (χ1v) is 11.6. The second kappa shape index (κ2) is 9.32. The van der Waals surface area contributed by atoms with Crippen LogP contribution in [-0.2, 0) is 0 Å². The van der Waals surface area contributed by atoms with Crippen molar-refractivity contribution in [1.29, 1.82) is 0 Å². The van der Waals surface area contributed by atoms with E-state index in [9.17, 15) is 9.59 Å². The molecule has 2 heterocycles. The molecule has 8 nitrogen and oxygen atoms in total. The largest absolute Gasteiger partial charge is 0.369 e. The SMILES string of the molecule is Cc1nn(C2CCC(C)CC2)c(C(N)=O)c1NC(=O)c1ccc(N2CCN(C)CC2)cc1. The van der Waals surface area contributed by atoms with Crippen molar-refractivity contribution in [3.63, 3.8) is 0 Å². The summed E-state index contributed by atoms with van der Waals surface area (Å²) in [5, 5.41) is 7.51. The van der Waals surface area contributed by atoms with Gasteiger partial charge in [-0.2, -0.15) is 5.10 Å². The maximum absolute atomic E-state index is 13.0. The summed E-state index contributed by atoms with van der Waals surface area (Å²) in [4.78, 5) is 29.9. The fourth-order valence-electron chi connectivity index (χ4n) is 4.76. The lowest BCUT2D eigenvalue weighted by Crippen LogP contribution is -2.44. The molecule has 4 rings (SSSR count). The van der Waals surface area contributed by atoms with Crippen LogP contribution in [0.4, 0.5) is 11.4 Å². The van der Waals surface area contributed by atoms with E-state index in [1.165, 1.54) is 0 Å². The molecule has 1 aliphatic carbocycles. The second-order valence-electron chi connectivity index (χ2n) is 9.32. The number of piperazine rings is 1. The number of nitrogens with two attached hydrogens (primary N) is 1. The minimum atomic E-state index is -0.565. The number of likely N-dealkylation sites (N-methyl/N-ethyl adjacent to an activating group) is 1. The predicted molar refractivity (Wildman–Crippen MR) is 126 cm³/mol. The van der Waals surface area contributed by atoms with Gasteiger partial charge < -0.3 is 20.9 Å². The molecule has 2 fully saturated rings. The molecule has 0 unspecified atom stereocenters. The van der Waals surface area contributed by atoms with Crippen LogP contribution in [0, 0.1) is 12.8 Å². The molecular formula is C24H34N6O2. The van der Waals surface area contributed by atoms with Gasteiger partial charge in [0, 0.05) is 37.4 Å². The van der Waals surface area contributed by atoms with E-state index in [4.69, 9.17) is 5.73 Å². The Bertz CT molecular complexity index is 967. The molecule has 0 bridgehead atoms. The summed E-state index contributed by atoms with van der Waals surface area (Å²) in [7, 11) is 2.13. The zero-order valence-corrected chi connectivity index (χ0v) is 19.3. The lowest BCUT2D eigenvalue weighted by Gasteiger charge is -2.34. The third kappa shape index (κ3) is 4.65. The molecule has 0 spiro atoms. The highest BCUT2D eigenvalue weighted by Crippen LogP contribution is 2.34. The Hall–Kier alpha value is -2.87. The first kappa shape index (κ1) is 22.3. The quantitative estimate of drug-likeness (QED) is 0.748. The molecule has 1 saturated heterocycles. The summed E-state index contributed by atoms with van der Waals surface area (Å²) in [6.07, 6.45) is 4.12. The highest BCUT2D eigenvalue weighted by atomic mass is 16.2. The number of aromatic nitrogens is 2. The number of primary amides is 1. The van der Waals surface area contributed by atoms with Crippen molar-refractivity contribution in [3.8, 4) is 0 Å². The minimum Gasteiger partial charge on any atom is -0.369 e. The first-order valence-electron chi connectivity index (χ1n) is 11.6. The van der Waals surface area contributed by atoms with E-state index in [1.54, 1.807) is 11.6 Å². The molecule has 2 amide bonds. The Labute approximate surface area is 189 Å². The van der Waals surface area contributed by atoms with Crippen molar-refractivity contribution < 1.29 is 9.59 Å². The van der Waals surface area contributed by atoms with Crippen LogP contribution in [0.3, 0.4) is 0 Å². The highest BCUT2D eigenvalue weighted by molar-refractivity contribution is 6.08. The van der Waals surface area contributed by atoms with Crippen molar-refractivity contribution in [2.24, 2.45) is 11.7 Å². The van der Waals surface area contributed by atoms with Gasteiger partial charge in [-0.1, -0.05) is 6.92 Å². The molecule has 1 aliphatic heterocycles. The molecule has 3 N–H and O–H groups in total. The van der Waals surface area contributed by atoms with Crippen molar-refractivity contribution in [2.45, 2.75) is 45.6 Å². The van der Waals surface area contributed by atoms with Crippen LogP contribution in [0.25, 0.3) is 0 Å². The number of hydrogen-bond acceptors (Lipinski definition) is 5. The molecule has 1 saturated carbocycles. The zero-order chi connectivity index (χ0) is 22.8. The number of benzene rings is 1. The number of hydrogen-bond donors (Lipinski definition) is 2. The number of carbonyl (C=O) groups excluding carboxylic acids is 2. The fourth-order valence-corrected chi connectivity index (χ4v) is 4.76. The third-order valence-electron chi connectivity index (χ3n) is 6.89. The van der Waals surface area contributed by atoms with Crippen molar-refractivity contribution >= 4 is 23.2 Å². The molecule has 32 heavy (non-hydrogen) atoms. The molecular weight excluding hydrogens is 404 g/mol. The number of nitrogens with one attached hydrogen (secondary N) is 1. The van der Waals surface area contributed by atoms with Crippen LogP contribution in [0.15, 0.2) is 24.3 Å². The van der Waals surface area contributed by atoms with Gasteiger partial charge in [0.1, 0.15) is 5.69 Å². The molecule has 2 aromatic rings. The Morgan fingerprint density at radius 3 is 2.25 bits per heavy atom. The Morgan fingerprint density at radius 1 is 1.03 bits per heavy atom. The molecule has 172 valence electrons. The van der Waals surface area contributed by atoms with Gasteiger partial charge in [0.2, 0.25) is 0 Å². The predicted octanol–water partition coefficient (Wildman–Crippen LogP) is 3.05. The van der Waals surface area contributed by atoms with Crippen molar-refractivity contribution in [1.82, 2.24) is 14.7 Å².